The maximum Gasteiger partial charge on any atom is 0.260 e. The van der Waals surface area contributed by atoms with E-state index in [1.54, 1.807) is 0 Å². The number of ether oxygens (including phenoxy) is 4. The lowest BCUT2D eigenvalue weighted by molar-refractivity contribution is -0.133. The Hall–Kier alpha value is -6.04. The normalized spacial score (nSPS) is 13.5. The highest BCUT2D eigenvalue weighted by atomic mass is 16.5. The predicted molar refractivity (Wildman–Crippen MR) is 399 cm³/mol. The summed E-state index contributed by atoms with van der Waals surface area (Å²) in [6.45, 7) is 65.8. The first-order valence-corrected chi connectivity index (χ1v) is 36.6. The standard InChI is InChI=1S/C84H132N4O8/c1-29-85(30-2)69(89)49-93-73-57-37-59-43-66(82(23,24)54-78(12,13)14)45-61(74(59)94-50-70(90)86(31-3)32-4)39-63-47-68(84(27,28)56-80(18,19)20)48-64(76(63)96-52-72(92)88(35-7)36-8)40-62-46-67(83(25,26)55-79(15,16)17)44-60(75(62)95-51-71(91)87(33-5)34-6)38-58(73)42-65(41-57)81(21,22)53-77(9,10)11/h41-48H,29-40,49-56H2,1-28H3. The molecule has 0 aliphatic heterocycles. The molecule has 0 heterocycles. The Bertz CT molecular complexity index is 2770. The number of carbonyl (C=O) groups excluding carboxylic acids is 4. The van der Waals surface area contributed by atoms with Crippen molar-refractivity contribution in [1.29, 1.82) is 0 Å². The summed E-state index contributed by atoms with van der Waals surface area (Å²) in [5, 5.41) is 0. The van der Waals surface area contributed by atoms with Gasteiger partial charge in [-0.05, 0) is 191 Å². The maximum atomic E-state index is 14.5. The van der Waals surface area contributed by atoms with Crippen molar-refractivity contribution in [2.24, 2.45) is 21.7 Å². The summed E-state index contributed by atoms with van der Waals surface area (Å²) in [6, 6.07) is 18.5. The Kier molecular flexibility index (Phi) is 27.1. The van der Waals surface area contributed by atoms with E-state index in [4.69, 9.17) is 18.9 Å². The smallest absolute Gasteiger partial charge is 0.260 e. The minimum atomic E-state index is -0.364. The van der Waals surface area contributed by atoms with Crippen molar-refractivity contribution in [3.63, 3.8) is 0 Å². The lowest BCUT2D eigenvalue weighted by Gasteiger charge is -2.36. The second kappa shape index (κ2) is 32.3. The molecule has 0 N–H and O–H groups in total. The number of hydrogen-bond acceptors (Lipinski definition) is 8. The van der Waals surface area contributed by atoms with Gasteiger partial charge in [0, 0.05) is 78.0 Å². The zero-order chi connectivity index (χ0) is 72.5. The largest absolute Gasteiger partial charge is 0.483 e. The molecule has 0 unspecified atom stereocenters. The summed E-state index contributed by atoms with van der Waals surface area (Å²) >= 11 is 0. The third-order valence-electron chi connectivity index (χ3n) is 19.3. The molecule has 1 aliphatic carbocycles. The van der Waals surface area contributed by atoms with Crippen molar-refractivity contribution >= 4 is 23.6 Å². The van der Waals surface area contributed by atoms with E-state index in [9.17, 15) is 19.2 Å². The van der Waals surface area contributed by atoms with Gasteiger partial charge in [0.15, 0.2) is 26.4 Å². The molecule has 0 saturated heterocycles. The van der Waals surface area contributed by atoms with Gasteiger partial charge >= 0.3 is 0 Å². The molecule has 12 nitrogen and oxygen atoms in total. The van der Waals surface area contributed by atoms with Gasteiger partial charge in [0.2, 0.25) is 0 Å². The third kappa shape index (κ3) is 22.0. The fraction of sp³-hybridized carbons (Fsp3) is 0.667. The van der Waals surface area contributed by atoms with Gasteiger partial charge in [0.1, 0.15) is 23.0 Å². The first kappa shape index (κ1) is 80.6. The number of likely N-dealkylation sites (N-methyl/N-ethyl adjacent to an activating group) is 4. The molecule has 8 bridgehead atoms. The minimum Gasteiger partial charge on any atom is -0.483 e. The van der Waals surface area contributed by atoms with E-state index in [-0.39, 0.29) is 93.4 Å². The Balaban J connectivity index is 2.24. The topological polar surface area (TPSA) is 118 Å². The van der Waals surface area contributed by atoms with Gasteiger partial charge < -0.3 is 38.5 Å². The number of fused-ring (bicyclic) bond motifs is 8. The average Bonchev–Trinajstić information content (AvgIpc) is 0.761. The van der Waals surface area contributed by atoms with E-state index >= 15 is 0 Å². The highest BCUT2D eigenvalue weighted by Crippen LogP contribution is 2.49. The first-order valence-electron chi connectivity index (χ1n) is 36.6. The van der Waals surface area contributed by atoms with Gasteiger partial charge in [-0.25, -0.2) is 0 Å². The van der Waals surface area contributed by atoms with Gasteiger partial charge in [-0.2, -0.15) is 0 Å². The number of carbonyl (C=O) groups is 4. The Morgan fingerprint density at radius 1 is 0.271 bits per heavy atom. The minimum absolute atomic E-state index is 0.0531. The lowest BCUT2D eigenvalue weighted by atomic mass is 9.70. The predicted octanol–water partition coefficient (Wildman–Crippen LogP) is 18.2. The molecule has 0 atom stereocenters. The molecule has 4 aromatic carbocycles. The van der Waals surface area contributed by atoms with Gasteiger partial charge in [0.25, 0.3) is 23.6 Å². The van der Waals surface area contributed by atoms with E-state index in [0.29, 0.717) is 101 Å². The molecule has 0 fully saturated rings. The average molecular weight is 1330 g/mol. The summed E-state index contributed by atoms with van der Waals surface area (Å²) in [5.74, 6) is 1.99. The Labute approximate surface area is 584 Å². The number of nitrogens with zero attached hydrogens (tertiary/aromatic N) is 4. The van der Waals surface area contributed by atoms with E-state index in [1.165, 1.54) is 0 Å². The van der Waals surface area contributed by atoms with Crippen molar-refractivity contribution in [2.75, 3.05) is 78.8 Å². The maximum absolute atomic E-state index is 14.5. The molecule has 12 heteroatoms. The quantitative estimate of drug-likeness (QED) is 0.0486. The number of benzene rings is 4. The molecule has 536 valence electrons. The van der Waals surface area contributed by atoms with Crippen LogP contribution in [0.1, 0.15) is 286 Å². The Morgan fingerprint density at radius 3 is 0.521 bits per heavy atom. The lowest BCUT2D eigenvalue weighted by Crippen LogP contribution is -2.35. The second-order valence-electron chi connectivity index (χ2n) is 35.1. The third-order valence-corrected chi connectivity index (χ3v) is 19.3. The molecule has 4 amide bonds. The highest BCUT2D eigenvalue weighted by Gasteiger charge is 2.37. The van der Waals surface area contributed by atoms with Crippen molar-refractivity contribution in [2.45, 2.75) is 267 Å². The van der Waals surface area contributed by atoms with Gasteiger partial charge in [-0.15, -0.1) is 0 Å². The van der Waals surface area contributed by atoms with Crippen LogP contribution in [0.5, 0.6) is 23.0 Å². The van der Waals surface area contributed by atoms with Crippen LogP contribution in [0, 0.1) is 21.7 Å². The Morgan fingerprint density at radius 2 is 0.406 bits per heavy atom. The first-order chi connectivity index (χ1) is 44.3. The highest BCUT2D eigenvalue weighted by molar-refractivity contribution is 5.80. The molecule has 1 aliphatic rings. The molecule has 0 aromatic heterocycles. The SMILES string of the molecule is CCN(CC)C(=O)COc1c2cc(C(C)(C)CC(C)(C)C)cc1Cc1cc(C(C)(C)CC(C)(C)C)cc(c1OCC(=O)N(CC)CC)Cc1cc(C(C)(C)CC(C)(C)C)cc(c1OCC(=O)N(CC)CC)Cc1cc(C(C)(C)CC(C)(C)C)cc(c1OCC(=O)N(CC)CC)C2. The molecule has 0 radical (unpaired) electrons. The van der Waals surface area contributed by atoms with Crippen molar-refractivity contribution in [3.05, 3.63) is 115 Å². The van der Waals surface area contributed by atoms with Crippen LogP contribution >= 0.6 is 0 Å². The zero-order valence-corrected chi connectivity index (χ0v) is 65.8. The van der Waals surface area contributed by atoms with Crippen LogP contribution < -0.4 is 18.9 Å². The van der Waals surface area contributed by atoms with Crippen LogP contribution in [0.2, 0.25) is 0 Å². The van der Waals surface area contributed by atoms with Crippen LogP contribution in [-0.2, 0) is 66.5 Å². The van der Waals surface area contributed by atoms with E-state index < -0.39 is 0 Å². The van der Waals surface area contributed by atoms with Gasteiger partial charge in [-0.1, -0.05) is 187 Å². The monoisotopic (exact) mass is 1330 g/mol. The number of amides is 4. The van der Waals surface area contributed by atoms with E-state index in [2.05, 4.69) is 187 Å². The van der Waals surface area contributed by atoms with Crippen LogP contribution in [0.25, 0.3) is 0 Å². The van der Waals surface area contributed by atoms with Gasteiger partial charge in [-0.3, -0.25) is 19.2 Å². The summed E-state index contributed by atoms with van der Waals surface area (Å²) in [4.78, 5) is 65.4. The summed E-state index contributed by atoms with van der Waals surface area (Å²) in [5.41, 5.74) is 9.91. The molecule has 5 rings (SSSR count). The number of rotatable bonds is 28. The van der Waals surface area contributed by atoms with Crippen LogP contribution in [-0.4, -0.2) is 122 Å². The van der Waals surface area contributed by atoms with Crippen LogP contribution in [0.4, 0.5) is 0 Å². The van der Waals surface area contributed by atoms with Gasteiger partial charge in [0.05, 0.1) is 0 Å². The van der Waals surface area contributed by atoms with E-state index in [0.717, 1.165) is 92.4 Å². The van der Waals surface area contributed by atoms with Crippen LogP contribution in [0.15, 0.2) is 48.5 Å². The zero-order valence-electron chi connectivity index (χ0n) is 65.8. The fourth-order valence-electron chi connectivity index (χ4n) is 16.1. The molecule has 96 heavy (non-hydrogen) atoms. The van der Waals surface area contributed by atoms with Crippen molar-refractivity contribution < 1.29 is 38.1 Å². The van der Waals surface area contributed by atoms with Crippen molar-refractivity contribution in [1.82, 2.24) is 19.6 Å². The second-order valence-corrected chi connectivity index (χ2v) is 35.1. The van der Waals surface area contributed by atoms with Crippen LogP contribution in [0.3, 0.4) is 0 Å². The molecule has 0 spiro atoms. The summed E-state index contributed by atoms with van der Waals surface area (Å²) in [6.07, 6.45) is 4.73. The van der Waals surface area contributed by atoms with Crippen molar-refractivity contribution in [3.8, 4) is 23.0 Å². The fourth-order valence-corrected chi connectivity index (χ4v) is 16.1. The number of hydrogen-bond donors (Lipinski definition) is 0. The van der Waals surface area contributed by atoms with E-state index in [1.807, 2.05) is 75.0 Å². The molecular weight excluding hydrogens is 1190 g/mol. The molecule has 4 aromatic rings. The molecular formula is C84H132N4O8. The summed E-state index contributed by atoms with van der Waals surface area (Å²) in [7, 11) is 0. The molecule has 0 saturated carbocycles. The summed E-state index contributed by atoms with van der Waals surface area (Å²) < 4.78 is 29.1.